The highest BCUT2D eigenvalue weighted by Gasteiger charge is 2.38. The zero-order valence-corrected chi connectivity index (χ0v) is 12.0. The van der Waals surface area contributed by atoms with Gasteiger partial charge >= 0.3 is 6.18 Å². The quantitative estimate of drug-likeness (QED) is 0.871. The van der Waals surface area contributed by atoms with Crippen LogP contribution in [0.4, 0.5) is 13.2 Å². The van der Waals surface area contributed by atoms with Gasteiger partial charge in [-0.2, -0.15) is 13.2 Å². The highest BCUT2D eigenvalue weighted by Crippen LogP contribution is 2.31. The maximum absolute atomic E-state index is 12.9. The van der Waals surface area contributed by atoms with Gasteiger partial charge in [-0.3, -0.25) is 9.20 Å². The molecule has 114 valence electrons. The van der Waals surface area contributed by atoms with E-state index in [-0.39, 0.29) is 10.7 Å². The lowest BCUT2D eigenvalue weighted by Crippen LogP contribution is -2.20. The molecule has 2 aromatic rings. The molecule has 2 rings (SSSR count). The van der Waals surface area contributed by atoms with Crippen LogP contribution in [0.15, 0.2) is 11.2 Å². The maximum atomic E-state index is 12.9. The Morgan fingerprint density at radius 1 is 1.43 bits per heavy atom. The predicted octanol–water partition coefficient (Wildman–Crippen LogP) is 1.99. The summed E-state index contributed by atoms with van der Waals surface area (Å²) in [5.74, 6) is -1.36. The van der Waals surface area contributed by atoms with E-state index in [1.54, 1.807) is 0 Å². The van der Waals surface area contributed by atoms with E-state index in [1.165, 1.54) is 11.8 Å². The number of halogens is 3. The molecule has 0 saturated heterocycles. The number of rotatable bonds is 4. The second-order valence-corrected chi connectivity index (χ2v) is 5.71. The summed E-state index contributed by atoms with van der Waals surface area (Å²) in [5, 5.41) is 6.91. The molecule has 1 amide bonds. The van der Waals surface area contributed by atoms with Crippen LogP contribution < -0.4 is 5.73 Å². The van der Waals surface area contributed by atoms with Gasteiger partial charge in [-0.05, 0) is 5.92 Å². The molecule has 0 aromatic carbocycles. The number of hydrogen-bond acceptors (Lipinski definition) is 5. The summed E-state index contributed by atoms with van der Waals surface area (Å²) in [6, 6.07) is 0. The van der Waals surface area contributed by atoms with Crippen molar-refractivity contribution < 1.29 is 18.0 Å². The van der Waals surface area contributed by atoms with Gasteiger partial charge < -0.3 is 5.73 Å². The van der Waals surface area contributed by atoms with Gasteiger partial charge in [0.25, 0.3) is 5.91 Å². The van der Waals surface area contributed by atoms with Crippen LogP contribution in [-0.4, -0.2) is 31.2 Å². The number of fused-ring (bicyclic) bond motifs is 1. The maximum Gasteiger partial charge on any atom is 0.452 e. The summed E-state index contributed by atoms with van der Waals surface area (Å²) < 4.78 is 39.4. The summed E-state index contributed by atoms with van der Waals surface area (Å²) in [5.41, 5.74) is 4.57. The second-order valence-electron chi connectivity index (χ2n) is 4.70. The smallest absolute Gasteiger partial charge is 0.364 e. The molecule has 0 radical (unpaired) electrons. The van der Waals surface area contributed by atoms with Crippen LogP contribution >= 0.6 is 11.8 Å². The number of nitrogens with zero attached hydrogens (tertiary/aromatic N) is 4. The Hall–Kier alpha value is -1.84. The van der Waals surface area contributed by atoms with Crippen LogP contribution in [0.1, 0.15) is 30.2 Å². The second kappa shape index (κ2) is 5.51. The van der Waals surface area contributed by atoms with E-state index in [9.17, 15) is 18.0 Å². The van der Waals surface area contributed by atoms with Gasteiger partial charge in [0, 0.05) is 5.75 Å². The number of hydrogen-bond donors (Lipinski definition) is 1. The molecule has 0 unspecified atom stereocenters. The van der Waals surface area contributed by atoms with E-state index in [0.29, 0.717) is 16.1 Å². The minimum absolute atomic E-state index is 0.121. The van der Waals surface area contributed by atoms with Crippen molar-refractivity contribution in [2.75, 3.05) is 5.75 Å². The third kappa shape index (κ3) is 3.09. The van der Waals surface area contributed by atoms with E-state index >= 15 is 0 Å². The standard InChI is InChI=1S/C11H12F3N5OS/c1-5(2)4-21-9-8-17-18-10(11(12,13)14)19(8)6(3-16-9)7(15)20/h3,5H,4H2,1-2H3,(H2,15,20). The Labute approximate surface area is 121 Å². The van der Waals surface area contributed by atoms with Crippen molar-refractivity contribution in [3.8, 4) is 0 Å². The number of nitrogens with two attached hydrogens (primary N) is 1. The van der Waals surface area contributed by atoms with Crippen LogP contribution in [0.25, 0.3) is 5.65 Å². The number of primary amides is 1. The molecule has 0 saturated carbocycles. The fraction of sp³-hybridized carbons (Fsp3) is 0.455. The summed E-state index contributed by atoms with van der Waals surface area (Å²) >= 11 is 1.25. The van der Waals surface area contributed by atoms with Gasteiger partial charge in [-0.15, -0.1) is 22.0 Å². The number of thioether (sulfide) groups is 1. The van der Waals surface area contributed by atoms with E-state index < -0.39 is 23.6 Å². The Balaban J connectivity index is 2.64. The Kier molecular flexibility index (Phi) is 4.08. The number of carbonyl (C=O) groups excluding carboxylic acids is 1. The highest BCUT2D eigenvalue weighted by molar-refractivity contribution is 7.99. The molecule has 0 fully saturated rings. The Morgan fingerprint density at radius 2 is 2.10 bits per heavy atom. The zero-order chi connectivity index (χ0) is 15.8. The number of carbonyl (C=O) groups is 1. The summed E-state index contributed by atoms with van der Waals surface area (Å²) in [6.45, 7) is 3.93. The first-order chi connectivity index (χ1) is 9.71. The van der Waals surface area contributed by atoms with E-state index in [0.717, 1.165) is 6.20 Å². The molecule has 0 bridgehead atoms. The van der Waals surface area contributed by atoms with Crippen LogP contribution in [0.2, 0.25) is 0 Å². The van der Waals surface area contributed by atoms with E-state index in [4.69, 9.17) is 5.73 Å². The summed E-state index contributed by atoms with van der Waals surface area (Å²) in [7, 11) is 0. The minimum atomic E-state index is -4.75. The first kappa shape index (κ1) is 15.5. The van der Waals surface area contributed by atoms with Gasteiger partial charge in [0.15, 0.2) is 5.65 Å². The molecule has 0 aliphatic heterocycles. The molecular formula is C11H12F3N5OS. The predicted molar refractivity (Wildman–Crippen MR) is 69.9 cm³/mol. The van der Waals surface area contributed by atoms with Gasteiger partial charge in [0.1, 0.15) is 10.7 Å². The molecule has 10 heteroatoms. The molecule has 2 aromatic heterocycles. The third-order valence-corrected chi connectivity index (χ3v) is 3.85. The number of alkyl halides is 3. The minimum Gasteiger partial charge on any atom is -0.364 e. The molecular weight excluding hydrogens is 307 g/mol. The van der Waals surface area contributed by atoms with Crippen molar-refractivity contribution >= 4 is 23.3 Å². The zero-order valence-electron chi connectivity index (χ0n) is 11.2. The van der Waals surface area contributed by atoms with Crippen molar-refractivity contribution in [2.45, 2.75) is 25.0 Å². The van der Waals surface area contributed by atoms with E-state index in [2.05, 4.69) is 15.2 Å². The molecule has 2 N–H and O–H groups in total. The fourth-order valence-corrected chi connectivity index (χ4v) is 2.47. The normalized spacial score (nSPS) is 12.3. The summed E-state index contributed by atoms with van der Waals surface area (Å²) in [4.78, 5) is 15.3. The summed E-state index contributed by atoms with van der Waals surface area (Å²) in [6.07, 6.45) is -3.73. The lowest BCUT2D eigenvalue weighted by atomic mass is 10.3. The molecule has 0 atom stereocenters. The third-order valence-electron chi connectivity index (χ3n) is 2.46. The van der Waals surface area contributed by atoms with E-state index in [1.807, 2.05) is 13.8 Å². The SMILES string of the molecule is CC(C)CSc1ncc(C(N)=O)n2c(C(F)(F)F)nnc12. The Morgan fingerprint density at radius 3 is 2.62 bits per heavy atom. The lowest BCUT2D eigenvalue weighted by Gasteiger charge is -2.09. The molecule has 0 spiro atoms. The van der Waals surface area contributed by atoms with Crippen LogP contribution in [0, 0.1) is 5.92 Å². The fourth-order valence-electron chi connectivity index (χ4n) is 1.59. The molecule has 21 heavy (non-hydrogen) atoms. The molecule has 0 aliphatic carbocycles. The van der Waals surface area contributed by atoms with Crippen molar-refractivity contribution in [3.05, 3.63) is 17.7 Å². The molecule has 6 nitrogen and oxygen atoms in total. The average Bonchev–Trinajstić information content (AvgIpc) is 2.79. The molecule has 0 aliphatic rings. The van der Waals surface area contributed by atoms with Crippen molar-refractivity contribution in [2.24, 2.45) is 11.7 Å². The van der Waals surface area contributed by atoms with Gasteiger partial charge in [0.05, 0.1) is 6.20 Å². The highest BCUT2D eigenvalue weighted by atomic mass is 32.2. The van der Waals surface area contributed by atoms with Gasteiger partial charge in [-0.1, -0.05) is 13.8 Å². The van der Waals surface area contributed by atoms with Gasteiger partial charge in [-0.25, -0.2) is 4.98 Å². The van der Waals surface area contributed by atoms with Crippen LogP contribution in [-0.2, 0) is 6.18 Å². The van der Waals surface area contributed by atoms with Crippen LogP contribution in [0.5, 0.6) is 0 Å². The lowest BCUT2D eigenvalue weighted by molar-refractivity contribution is -0.145. The average molecular weight is 319 g/mol. The van der Waals surface area contributed by atoms with Crippen molar-refractivity contribution in [1.29, 1.82) is 0 Å². The van der Waals surface area contributed by atoms with Crippen molar-refractivity contribution in [1.82, 2.24) is 19.6 Å². The number of amides is 1. The van der Waals surface area contributed by atoms with Crippen LogP contribution in [0.3, 0.4) is 0 Å². The monoisotopic (exact) mass is 319 g/mol. The Bertz CT molecular complexity index is 682. The first-order valence-electron chi connectivity index (χ1n) is 5.95. The molecule has 2 heterocycles. The largest absolute Gasteiger partial charge is 0.452 e. The van der Waals surface area contributed by atoms with Gasteiger partial charge in [0.2, 0.25) is 5.82 Å². The topological polar surface area (TPSA) is 86.2 Å². The number of aromatic nitrogens is 4. The van der Waals surface area contributed by atoms with Crippen molar-refractivity contribution in [3.63, 3.8) is 0 Å². The first-order valence-corrected chi connectivity index (χ1v) is 6.94.